The molecule has 0 spiro atoms. The van der Waals surface area contributed by atoms with Gasteiger partial charge in [-0.3, -0.25) is 4.79 Å². The predicted molar refractivity (Wildman–Crippen MR) is 115 cm³/mol. The van der Waals surface area contributed by atoms with Crippen molar-refractivity contribution in [2.24, 2.45) is 5.73 Å². The number of carbonyl (C=O) groups is 1. The van der Waals surface area contributed by atoms with E-state index in [1.807, 2.05) is 47.4 Å². The molecule has 0 saturated carbocycles. The Balaban J connectivity index is 0.00000169. The Kier molecular flexibility index (Phi) is 8.41. The predicted octanol–water partition coefficient (Wildman–Crippen LogP) is 3.82. The lowest BCUT2D eigenvalue weighted by Crippen LogP contribution is -2.56. The summed E-state index contributed by atoms with van der Waals surface area (Å²) >= 11 is 3.41. The zero-order valence-corrected chi connectivity index (χ0v) is 17.8. The number of anilines is 1. The molecule has 1 heterocycles. The first-order valence-electron chi connectivity index (χ1n) is 8.13. The number of nitrogens with two attached hydrogens (primary N) is 1. The van der Waals surface area contributed by atoms with Gasteiger partial charge >= 0.3 is 0 Å². The minimum absolute atomic E-state index is 0. The summed E-state index contributed by atoms with van der Waals surface area (Å²) in [7, 11) is 0. The van der Waals surface area contributed by atoms with E-state index in [9.17, 15) is 4.79 Å². The van der Waals surface area contributed by atoms with E-state index < -0.39 is 5.54 Å². The van der Waals surface area contributed by atoms with Crippen LogP contribution in [0.5, 0.6) is 0 Å². The van der Waals surface area contributed by atoms with E-state index in [4.69, 9.17) is 5.73 Å². The first kappa shape index (κ1) is 22.8. The molecular weight excluding hydrogens is 437 g/mol. The molecule has 1 fully saturated rings. The molecule has 1 unspecified atom stereocenters. The van der Waals surface area contributed by atoms with Gasteiger partial charge in [0.2, 0.25) is 5.91 Å². The van der Waals surface area contributed by atoms with Gasteiger partial charge in [0, 0.05) is 36.3 Å². The van der Waals surface area contributed by atoms with E-state index in [1.165, 1.54) is 5.69 Å². The van der Waals surface area contributed by atoms with Gasteiger partial charge in [-0.1, -0.05) is 46.3 Å². The lowest BCUT2D eigenvalue weighted by molar-refractivity contribution is -0.137. The van der Waals surface area contributed by atoms with Gasteiger partial charge in [0.1, 0.15) is 5.54 Å². The van der Waals surface area contributed by atoms with Crippen molar-refractivity contribution in [2.75, 3.05) is 31.1 Å². The van der Waals surface area contributed by atoms with Crippen molar-refractivity contribution in [1.82, 2.24) is 4.90 Å². The monoisotopic (exact) mass is 459 g/mol. The average Bonchev–Trinajstić information content (AvgIpc) is 2.62. The van der Waals surface area contributed by atoms with E-state index in [1.54, 1.807) is 6.92 Å². The molecule has 2 aromatic carbocycles. The molecule has 0 bridgehead atoms. The van der Waals surface area contributed by atoms with Crippen LogP contribution >= 0.6 is 40.7 Å². The van der Waals surface area contributed by atoms with Crippen LogP contribution in [-0.4, -0.2) is 37.0 Å². The molecule has 26 heavy (non-hydrogen) atoms. The van der Waals surface area contributed by atoms with Crippen molar-refractivity contribution < 1.29 is 4.79 Å². The molecule has 1 aliphatic rings. The number of piperazine rings is 1. The SMILES string of the molecule is CC(N)(C(=O)N1CCN(c2ccccc2)CC1)c1ccc(Br)cc1.Cl.Cl. The van der Waals surface area contributed by atoms with Crippen LogP contribution < -0.4 is 10.6 Å². The summed E-state index contributed by atoms with van der Waals surface area (Å²) in [5, 5.41) is 0. The summed E-state index contributed by atoms with van der Waals surface area (Å²) in [5.41, 5.74) is 7.42. The van der Waals surface area contributed by atoms with Gasteiger partial charge in [-0.25, -0.2) is 0 Å². The number of amides is 1. The molecule has 1 atom stereocenters. The van der Waals surface area contributed by atoms with Crippen LogP contribution in [0.2, 0.25) is 0 Å². The lowest BCUT2D eigenvalue weighted by atomic mass is 9.91. The molecule has 142 valence electrons. The fourth-order valence-electron chi connectivity index (χ4n) is 3.05. The maximum absolute atomic E-state index is 12.9. The van der Waals surface area contributed by atoms with Crippen LogP contribution in [0.1, 0.15) is 12.5 Å². The number of benzene rings is 2. The van der Waals surface area contributed by atoms with Gasteiger partial charge < -0.3 is 15.5 Å². The fourth-order valence-corrected chi connectivity index (χ4v) is 3.32. The highest BCUT2D eigenvalue weighted by Gasteiger charge is 2.35. The Bertz CT molecular complexity index is 702. The number of carbonyl (C=O) groups excluding carboxylic acids is 1. The second-order valence-electron chi connectivity index (χ2n) is 6.32. The van der Waals surface area contributed by atoms with Crippen molar-refractivity contribution in [1.29, 1.82) is 0 Å². The van der Waals surface area contributed by atoms with Crippen molar-refractivity contribution >= 4 is 52.3 Å². The molecule has 3 rings (SSSR count). The smallest absolute Gasteiger partial charge is 0.247 e. The standard InChI is InChI=1S/C19H22BrN3O.2ClH/c1-19(21,15-7-9-16(20)10-8-15)18(24)23-13-11-22(12-14-23)17-5-3-2-4-6-17;;/h2-10H,11-14,21H2,1H3;2*1H. The third kappa shape index (κ3) is 4.92. The second kappa shape index (κ2) is 9.60. The van der Waals surface area contributed by atoms with E-state index in [0.717, 1.165) is 23.1 Å². The molecule has 2 N–H and O–H groups in total. The summed E-state index contributed by atoms with van der Waals surface area (Å²) < 4.78 is 0.978. The maximum Gasteiger partial charge on any atom is 0.247 e. The van der Waals surface area contributed by atoms with Gasteiger partial charge in [-0.05, 0) is 36.8 Å². The molecule has 1 aliphatic heterocycles. The number of para-hydroxylation sites is 1. The summed E-state index contributed by atoms with van der Waals surface area (Å²) in [5.74, 6) is -0.0162. The number of nitrogens with zero attached hydrogens (tertiary/aromatic N) is 2. The zero-order valence-electron chi connectivity index (χ0n) is 14.6. The minimum atomic E-state index is -1.00. The minimum Gasteiger partial charge on any atom is -0.368 e. The van der Waals surface area contributed by atoms with Gasteiger partial charge in [0.05, 0.1) is 0 Å². The van der Waals surface area contributed by atoms with Crippen molar-refractivity contribution in [3.05, 3.63) is 64.6 Å². The van der Waals surface area contributed by atoms with Crippen LogP contribution in [-0.2, 0) is 10.3 Å². The van der Waals surface area contributed by atoms with E-state index in [0.29, 0.717) is 13.1 Å². The topological polar surface area (TPSA) is 49.6 Å². The largest absolute Gasteiger partial charge is 0.368 e. The van der Waals surface area contributed by atoms with Crippen LogP contribution in [0.25, 0.3) is 0 Å². The zero-order chi connectivity index (χ0) is 17.2. The van der Waals surface area contributed by atoms with Crippen molar-refractivity contribution in [3.8, 4) is 0 Å². The second-order valence-corrected chi connectivity index (χ2v) is 7.24. The molecule has 0 aliphatic carbocycles. The molecular formula is C19H24BrCl2N3O. The van der Waals surface area contributed by atoms with Gasteiger partial charge in [0.15, 0.2) is 0 Å². The molecule has 0 aromatic heterocycles. The summed E-state index contributed by atoms with van der Waals surface area (Å²) in [6.45, 7) is 4.83. The van der Waals surface area contributed by atoms with Crippen LogP contribution in [0, 0.1) is 0 Å². The number of halogens is 3. The van der Waals surface area contributed by atoms with Gasteiger partial charge in [0.25, 0.3) is 0 Å². The normalized spacial score (nSPS) is 16.1. The molecule has 4 nitrogen and oxygen atoms in total. The highest BCUT2D eigenvalue weighted by molar-refractivity contribution is 9.10. The molecule has 1 amide bonds. The Hall–Kier alpha value is -1.27. The summed E-state index contributed by atoms with van der Waals surface area (Å²) in [6.07, 6.45) is 0. The Morgan fingerprint density at radius 3 is 2.04 bits per heavy atom. The Labute approximate surface area is 175 Å². The van der Waals surface area contributed by atoms with Crippen LogP contribution in [0.15, 0.2) is 59.1 Å². The number of rotatable bonds is 3. The summed E-state index contributed by atoms with van der Waals surface area (Å²) in [4.78, 5) is 17.1. The third-order valence-electron chi connectivity index (χ3n) is 4.58. The van der Waals surface area contributed by atoms with E-state index in [2.05, 4.69) is 33.0 Å². The average molecular weight is 461 g/mol. The fraction of sp³-hybridized carbons (Fsp3) is 0.316. The highest BCUT2D eigenvalue weighted by atomic mass is 79.9. The maximum atomic E-state index is 12.9. The summed E-state index contributed by atoms with van der Waals surface area (Å²) in [6, 6.07) is 17.9. The Morgan fingerprint density at radius 2 is 1.50 bits per heavy atom. The highest BCUT2D eigenvalue weighted by Crippen LogP contribution is 2.24. The van der Waals surface area contributed by atoms with E-state index >= 15 is 0 Å². The van der Waals surface area contributed by atoms with E-state index in [-0.39, 0.29) is 30.7 Å². The molecule has 2 aromatic rings. The first-order valence-corrected chi connectivity index (χ1v) is 8.92. The lowest BCUT2D eigenvalue weighted by Gasteiger charge is -2.39. The Morgan fingerprint density at radius 1 is 0.962 bits per heavy atom. The van der Waals surface area contributed by atoms with Gasteiger partial charge in [-0.15, -0.1) is 24.8 Å². The van der Waals surface area contributed by atoms with Crippen molar-refractivity contribution in [2.45, 2.75) is 12.5 Å². The first-order chi connectivity index (χ1) is 11.5. The number of hydrogen-bond acceptors (Lipinski definition) is 3. The molecule has 0 radical (unpaired) electrons. The van der Waals surface area contributed by atoms with Crippen LogP contribution in [0.4, 0.5) is 5.69 Å². The quantitative estimate of drug-likeness (QED) is 0.757. The molecule has 7 heteroatoms. The molecule has 1 saturated heterocycles. The number of hydrogen-bond donors (Lipinski definition) is 1. The third-order valence-corrected chi connectivity index (χ3v) is 5.11. The van der Waals surface area contributed by atoms with Crippen molar-refractivity contribution in [3.63, 3.8) is 0 Å². The van der Waals surface area contributed by atoms with Gasteiger partial charge in [-0.2, -0.15) is 0 Å². The van der Waals surface area contributed by atoms with Crippen LogP contribution in [0.3, 0.4) is 0 Å².